The second kappa shape index (κ2) is 38.9. The van der Waals surface area contributed by atoms with Gasteiger partial charge in [0.1, 0.15) is 12.6 Å². The minimum Gasteiger partial charge on any atom is -0.544 e. The molecule has 0 aliphatic heterocycles. The van der Waals surface area contributed by atoms with Gasteiger partial charge in [0.05, 0.1) is 40.3 Å². The molecule has 2 atom stereocenters. The quantitative estimate of drug-likeness (QED) is 0.0265. The number of nitrogens with zero attached hydrogens (tertiary/aromatic N) is 1. The van der Waals surface area contributed by atoms with E-state index in [2.05, 4.69) is 74.6 Å². The van der Waals surface area contributed by atoms with Gasteiger partial charge in [-0.25, -0.2) is 0 Å². The number of hydrogen-bond acceptors (Lipinski definition) is 7. The maximum absolute atomic E-state index is 12.7. The summed E-state index contributed by atoms with van der Waals surface area (Å²) < 4.78 is 17.1. The minimum atomic E-state index is -1.13. The second-order valence-corrected chi connectivity index (χ2v) is 15.9. The number of hydrogen-bond donors (Lipinski definition) is 0. The first kappa shape index (κ1) is 53.0. The molecule has 0 heterocycles. The lowest BCUT2D eigenvalue weighted by atomic mass is 10.1. The van der Waals surface area contributed by atoms with Gasteiger partial charge in [0.25, 0.3) is 0 Å². The molecule has 0 spiro atoms. The molecule has 0 aromatic rings. The molecule has 0 aromatic carbocycles. The van der Waals surface area contributed by atoms with Crippen molar-refractivity contribution in [2.24, 2.45) is 0 Å². The number of carboxylic acids is 1. The lowest BCUT2D eigenvalue weighted by Crippen LogP contribution is -2.55. The third-order valence-electron chi connectivity index (χ3n) is 9.67. The molecule has 0 saturated heterocycles. The van der Waals surface area contributed by atoms with Gasteiger partial charge in [-0.15, -0.1) is 0 Å². The molecule has 2 unspecified atom stereocenters. The largest absolute Gasteiger partial charge is 0.544 e. The summed E-state index contributed by atoms with van der Waals surface area (Å²) in [5.74, 6) is -1.76. The molecule has 0 N–H and O–H groups in total. The third-order valence-corrected chi connectivity index (χ3v) is 9.67. The molecule has 0 saturated carbocycles. The van der Waals surface area contributed by atoms with Crippen molar-refractivity contribution in [3.63, 3.8) is 0 Å². The van der Waals surface area contributed by atoms with Gasteiger partial charge < -0.3 is 28.6 Å². The molecule has 8 heteroatoms. The number of allylic oxidation sites excluding steroid dienone is 10. The summed E-state index contributed by atoms with van der Waals surface area (Å²) >= 11 is 0. The van der Waals surface area contributed by atoms with E-state index in [-0.39, 0.29) is 42.7 Å². The van der Waals surface area contributed by atoms with Gasteiger partial charge in [-0.2, -0.15) is 0 Å². The van der Waals surface area contributed by atoms with Gasteiger partial charge in [-0.3, -0.25) is 9.59 Å². The van der Waals surface area contributed by atoms with Crippen LogP contribution >= 0.6 is 0 Å². The van der Waals surface area contributed by atoms with Crippen molar-refractivity contribution in [3.8, 4) is 0 Å². The normalized spacial score (nSPS) is 13.5. The average molecular weight is 786 g/mol. The van der Waals surface area contributed by atoms with E-state index in [0.29, 0.717) is 12.8 Å². The summed E-state index contributed by atoms with van der Waals surface area (Å²) in [7, 11) is 5.39. The van der Waals surface area contributed by atoms with Crippen molar-refractivity contribution in [1.82, 2.24) is 0 Å². The predicted octanol–water partition coefficient (Wildman–Crippen LogP) is 10.9. The lowest BCUT2D eigenvalue weighted by Gasteiger charge is -2.34. The zero-order valence-electron chi connectivity index (χ0n) is 36.5. The number of carbonyl (C=O) groups is 3. The van der Waals surface area contributed by atoms with Gasteiger partial charge >= 0.3 is 11.9 Å². The highest BCUT2D eigenvalue weighted by Crippen LogP contribution is 2.14. The molecule has 56 heavy (non-hydrogen) atoms. The van der Waals surface area contributed by atoms with Crippen molar-refractivity contribution in [3.05, 3.63) is 60.8 Å². The fourth-order valence-electron chi connectivity index (χ4n) is 6.21. The van der Waals surface area contributed by atoms with E-state index in [1.807, 2.05) is 0 Å². The highest BCUT2D eigenvalue weighted by molar-refractivity contribution is 5.70. The highest BCUT2D eigenvalue weighted by atomic mass is 16.6. The van der Waals surface area contributed by atoms with E-state index in [1.165, 1.54) is 57.8 Å². The summed E-state index contributed by atoms with van der Waals surface area (Å²) in [5.41, 5.74) is 0. The van der Waals surface area contributed by atoms with Gasteiger partial charge in [0, 0.05) is 19.3 Å². The van der Waals surface area contributed by atoms with Crippen LogP contribution < -0.4 is 5.11 Å². The lowest BCUT2D eigenvalue weighted by molar-refractivity contribution is -0.889. The van der Waals surface area contributed by atoms with Gasteiger partial charge in [-0.05, 0) is 57.8 Å². The van der Waals surface area contributed by atoms with Crippen LogP contribution in [0, 0.1) is 0 Å². The zero-order valence-corrected chi connectivity index (χ0v) is 36.5. The van der Waals surface area contributed by atoms with Gasteiger partial charge in [0.2, 0.25) is 0 Å². The molecule has 0 rings (SSSR count). The molecule has 0 amide bonds. The Morgan fingerprint density at radius 2 is 1.00 bits per heavy atom. The van der Waals surface area contributed by atoms with Crippen LogP contribution in [0.15, 0.2) is 60.8 Å². The molecule has 8 nitrogen and oxygen atoms in total. The molecule has 0 aliphatic carbocycles. The Morgan fingerprint density at radius 3 is 1.48 bits per heavy atom. The molecule has 0 fully saturated rings. The van der Waals surface area contributed by atoms with E-state index < -0.39 is 18.1 Å². The van der Waals surface area contributed by atoms with Crippen LogP contribution in [0.25, 0.3) is 0 Å². The molecule has 0 aliphatic rings. The van der Waals surface area contributed by atoms with E-state index in [4.69, 9.17) is 14.2 Å². The number of esters is 2. The zero-order chi connectivity index (χ0) is 41.4. The summed E-state index contributed by atoms with van der Waals surface area (Å²) in [5, 5.41) is 11.6. The fraction of sp³-hybridized carbons (Fsp3) is 0.729. The van der Waals surface area contributed by atoms with Crippen molar-refractivity contribution in [2.75, 3.05) is 41.0 Å². The van der Waals surface area contributed by atoms with Crippen LogP contribution in [-0.4, -0.2) is 75.5 Å². The smallest absolute Gasteiger partial charge is 0.306 e. The van der Waals surface area contributed by atoms with Crippen molar-refractivity contribution >= 4 is 17.9 Å². The fourth-order valence-corrected chi connectivity index (χ4v) is 6.21. The SMILES string of the molecule is CC/C=C/C/C=C/C/C=C/C/C=C/C/C=C/CCCCCCCCC(=O)OC(COCCC(C(=O)[O-])[N+](C)(C)C)COC(=O)CCCCCCCCCCCC. The molecular weight excluding hydrogens is 703 g/mol. The molecule has 0 aromatic heterocycles. The van der Waals surface area contributed by atoms with Gasteiger partial charge in [0.15, 0.2) is 6.10 Å². The Labute approximate surface area is 343 Å². The van der Waals surface area contributed by atoms with Crippen LogP contribution in [0.4, 0.5) is 0 Å². The first-order valence-corrected chi connectivity index (χ1v) is 22.3. The summed E-state index contributed by atoms with van der Waals surface area (Å²) in [4.78, 5) is 36.8. The molecule has 0 radical (unpaired) electrons. The monoisotopic (exact) mass is 786 g/mol. The number of unbranched alkanes of at least 4 members (excludes halogenated alkanes) is 15. The third kappa shape index (κ3) is 36.7. The van der Waals surface area contributed by atoms with Gasteiger partial charge in [-0.1, -0.05) is 158 Å². The van der Waals surface area contributed by atoms with Crippen molar-refractivity contribution in [2.45, 2.75) is 187 Å². The Kier molecular flexibility index (Phi) is 36.8. The summed E-state index contributed by atoms with van der Waals surface area (Å²) in [6.07, 6.45) is 46.7. The van der Waals surface area contributed by atoms with Crippen LogP contribution in [-0.2, 0) is 28.6 Å². The first-order chi connectivity index (χ1) is 27.1. The first-order valence-electron chi connectivity index (χ1n) is 22.3. The van der Waals surface area contributed by atoms with E-state index >= 15 is 0 Å². The van der Waals surface area contributed by atoms with Crippen LogP contribution in [0.2, 0.25) is 0 Å². The average Bonchev–Trinajstić information content (AvgIpc) is 3.15. The minimum absolute atomic E-state index is 0.0338. The Hall–Kier alpha value is -2.97. The Bertz CT molecular complexity index is 1100. The maximum Gasteiger partial charge on any atom is 0.306 e. The van der Waals surface area contributed by atoms with E-state index in [0.717, 1.165) is 83.5 Å². The molecule has 322 valence electrons. The number of carbonyl (C=O) groups excluding carboxylic acids is 3. The number of likely N-dealkylation sites (N-methyl/N-ethyl adjacent to an activating group) is 1. The van der Waals surface area contributed by atoms with Crippen molar-refractivity contribution in [1.29, 1.82) is 0 Å². The maximum atomic E-state index is 12.7. The summed E-state index contributed by atoms with van der Waals surface area (Å²) in [6.45, 7) is 4.51. The standard InChI is InChI=1S/C48H83NO7/c1-6-8-10-12-14-16-18-19-20-21-22-23-24-25-26-27-28-29-31-33-35-37-39-47(51)56-44(42-54-41-40-45(48(52)53)49(3,4)5)43-55-46(50)38-36-34-32-30-17-15-13-11-9-7-2/h8,10,14,16,19-20,22-23,25-26,44-45H,6-7,9,11-13,15,17-18,21,24,27-43H2,1-5H3/b10-8+,16-14+,20-19+,23-22+,26-25+. The second-order valence-electron chi connectivity index (χ2n) is 15.9. The number of carboxylic acid groups (broad SMARTS) is 1. The predicted molar refractivity (Wildman–Crippen MR) is 231 cm³/mol. The van der Waals surface area contributed by atoms with Crippen LogP contribution in [0.3, 0.4) is 0 Å². The van der Waals surface area contributed by atoms with E-state index in [9.17, 15) is 19.5 Å². The molecular formula is C48H83NO7. The van der Waals surface area contributed by atoms with Crippen LogP contribution in [0.5, 0.6) is 0 Å². The number of rotatable bonds is 39. The van der Waals surface area contributed by atoms with Crippen LogP contribution in [0.1, 0.15) is 174 Å². The molecule has 0 bridgehead atoms. The number of aliphatic carboxylic acids is 1. The summed E-state index contributed by atoms with van der Waals surface area (Å²) in [6, 6.07) is -0.729. The number of quaternary nitrogens is 1. The van der Waals surface area contributed by atoms with Crippen molar-refractivity contribution < 1.29 is 38.2 Å². The Morgan fingerprint density at radius 1 is 0.554 bits per heavy atom. The number of ether oxygens (including phenoxy) is 3. The Balaban J connectivity index is 4.32. The highest BCUT2D eigenvalue weighted by Gasteiger charge is 2.25. The topological polar surface area (TPSA) is 102 Å². The van der Waals surface area contributed by atoms with E-state index in [1.54, 1.807) is 21.1 Å².